The topological polar surface area (TPSA) is 60.2 Å². The summed E-state index contributed by atoms with van der Waals surface area (Å²) in [6, 6.07) is 0. The minimum Gasteiger partial charge on any atom is -0.330 e. The summed E-state index contributed by atoms with van der Waals surface area (Å²) < 4.78 is 23.3. The van der Waals surface area contributed by atoms with Gasteiger partial charge in [-0.1, -0.05) is 20.3 Å². The van der Waals surface area contributed by atoms with Gasteiger partial charge in [-0.2, -0.15) is 0 Å². The summed E-state index contributed by atoms with van der Waals surface area (Å²) in [6.07, 6.45) is 1.48. The lowest BCUT2D eigenvalue weighted by Crippen LogP contribution is -2.26. The predicted octanol–water partition coefficient (Wildman–Crippen LogP) is 1.18. The fraction of sp³-hybridized carbons (Fsp3) is 1.00. The number of rotatable bonds is 6. The summed E-state index contributed by atoms with van der Waals surface area (Å²) in [5, 5.41) is -0.286. The first-order chi connectivity index (χ1) is 5.94. The van der Waals surface area contributed by atoms with Crippen LogP contribution in [0.1, 0.15) is 33.6 Å². The van der Waals surface area contributed by atoms with Crippen LogP contribution in [0.4, 0.5) is 0 Å². The Kier molecular flexibility index (Phi) is 5.56. The van der Waals surface area contributed by atoms with Gasteiger partial charge in [-0.25, -0.2) is 8.42 Å². The standard InChI is InChI=1S/C9H21NO2S/c1-4-8(2)7-13(11,12)9(3)5-6-10/h8-9H,4-7,10H2,1-3H3. The van der Waals surface area contributed by atoms with Gasteiger partial charge in [0.2, 0.25) is 0 Å². The first-order valence-electron chi connectivity index (χ1n) is 4.85. The van der Waals surface area contributed by atoms with Crippen molar-refractivity contribution in [2.75, 3.05) is 12.3 Å². The molecular formula is C9H21NO2S. The molecule has 0 saturated heterocycles. The highest BCUT2D eigenvalue weighted by molar-refractivity contribution is 7.92. The second kappa shape index (κ2) is 5.60. The van der Waals surface area contributed by atoms with Gasteiger partial charge in [-0.15, -0.1) is 0 Å². The van der Waals surface area contributed by atoms with Gasteiger partial charge in [0.15, 0.2) is 9.84 Å². The van der Waals surface area contributed by atoms with Gasteiger partial charge in [-0.3, -0.25) is 0 Å². The molecule has 2 atom stereocenters. The van der Waals surface area contributed by atoms with Crippen LogP contribution in [0.5, 0.6) is 0 Å². The Morgan fingerprint density at radius 1 is 1.31 bits per heavy atom. The lowest BCUT2D eigenvalue weighted by molar-refractivity contribution is 0.550. The molecule has 0 heterocycles. The van der Waals surface area contributed by atoms with E-state index in [9.17, 15) is 8.42 Å². The number of sulfone groups is 1. The van der Waals surface area contributed by atoms with Gasteiger partial charge < -0.3 is 5.73 Å². The molecule has 0 bridgehead atoms. The number of nitrogens with two attached hydrogens (primary N) is 1. The van der Waals surface area contributed by atoms with Gasteiger partial charge in [0.1, 0.15) is 0 Å². The molecule has 3 nitrogen and oxygen atoms in total. The highest BCUT2D eigenvalue weighted by Gasteiger charge is 2.21. The van der Waals surface area contributed by atoms with Crippen LogP contribution >= 0.6 is 0 Å². The van der Waals surface area contributed by atoms with Crippen LogP contribution in [0.2, 0.25) is 0 Å². The third-order valence-corrected chi connectivity index (χ3v) is 4.90. The Bertz CT molecular complexity index is 224. The van der Waals surface area contributed by atoms with E-state index in [4.69, 9.17) is 5.73 Å². The van der Waals surface area contributed by atoms with Crippen LogP contribution < -0.4 is 5.73 Å². The van der Waals surface area contributed by atoms with Crippen molar-refractivity contribution < 1.29 is 8.42 Å². The van der Waals surface area contributed by atoms with Gasteiger partial charge in [0.25, 0.3) is 0 Å². The smallest absolute Gasteiger partial charge is 0.153 e. The SMILES string of the molecule is CCC(C)CS(=O)(=O)C(C)CCN. The summed E-state index contributed by atoms with van der Waals surface area (Å²) in [5.41, 5.74) is 5.32. The Balaban J connectivity index is 4.23. The largest absolute Gasteiger partial charge is 0.330 e. The van der Waals surface area contributed by atoms with Crippen molar-refractivity contribution in [2.24, 2.45) is 11.7 Å². The maximum Gasteiger partial charge on any atom is 0.153 e. The molecule has 0 aromatic heterocycles. The quantitative estimate of drug-likeness (QED) is 0.711. The Morgan fingerprint density at radius 2 is 1.85 bits per heavy atom. The van der Waals surface area contributed by atoms with E-state index < -0.39 is 9.84 Å². The summed E-state index contributed by atoms with van der Waals surface area (Å²) >= 11 is 0. The summed E-state index contributed by atoms with van der Waals surface area (Å²) in [7, 11) is -2.91. The van der Waals surface area contributed by atoms with Crippen LogP contribution in [0.25, 0.3) is 0 Å². The highest BCUT2D eigenvalue weighted by atomic mass is 32.2. The zero-order valence-corrected chi connectivity index (χ0v) is 9.60. The van der Waals surface area contributed by atoms with Crippen molar-refractivity contribution in [2.45, 2.75) is 38.9 Å². The van der Waals surface area contributed by atoms with Crippen LogP contribution in [0.3, 0.4) is 0 Å². The normalized spacial score (nSPS) is 16.9. The molecule has 0 aromatic rings. The average molecular weight is 207 g/mol. The lowest BCUT2D eigenvalue weighted by Gasteiger charge is -2.14. The van der Waals surface area contributed by atoms with E-state index >= 15 is 0 Å². The molecular weight excluding hydrogens is 186 g/mol. The van der Waals surface area contributed by atoms with Crippen molar-refractivity contribution in [3.63, 3.8) is 0 Å². The Labute approximate surface area is 81.6 Å². The Hall–Kier alpha value is -0.0900. The average Bonchev–Trinajstić information content (AvgIpc) is 2.04. The predicted molar refractivity (Wildman–Crippen MR) is 56.4 cm³/mol. The Morgan fingerprint density at radius 3 is 2.23 bits per heavy atom. The molecule has 0 rings (SSSR count). The molecule has 0 aliphatic rings. The first kappa shape index (κ1) is 12.9. The molecule has 0 aliphatic heterocycles. The van der Waals surface area contributed by atoms with Crippen LogP contribution in [0.15, 0.2) is 0 Å². The van der Waals surface area contributed by atoms with Crippen molar-refractivity contribution in [1.29, 1.82) is 0 Å². The summed E-state index contributed by atoms with van der Waals surface area (Å²) in [5.74, 6) is 0.551. The van der Waals surface area contributed by atoms with Crippen molar-refractivity contribution in [3.05, 3.63) is 0 Å². The summed E-state index contributed by atoms with van der Waals surface area (Å²) in [4.78, 5) is 0. The maximum atomic E-state index is 11.6. The third kappa shape index (κ3) is 4.62. The maximum absolute atomic E-state index is 11.6. The van der Waals surface area contributed by atoms with Gasteiger partial charge >= 0.3 is 0 Å². The minimum absolute atomic E-state index is 0.255. The molecule has 0 aromatic carbocycles. The molecule has 2 N–H and O–H groups in total. The van der Waals surface area contributed by atoms with E-state index in [0.29, 0.717) is 18.7 Å². The lowest BCUT2D eigenvalue weighted by atomic mass is 10.2. The van der Waals surface area contributed by atoms with E-state index in [1.54, 1.807) is 6.92 Å². The molecule has 4 heteroatoms. The minimum atomic E-state index is -2.91. The second-order valence-corrected chi connectivity index (χ2v) is 6.19. The van der Waals surface area contributed by atoms with E-state index in [0.717, 1.165) is 6.42 Å². The van der Waals surface area contributed by atoms with Gasteiger partial charge in [0.05, 0.1) is 11.0 Å². The van der Waals surface area contributed by atoms with Crippen LogP contribution in [-0.2, 0) is 9.84 Å². The first-order valence-corrected chi connectivity index (χ1v) is 6.57. The molecule has 13 heavy (non-hydrogen) atoms. The number of hydrogen-bond acceptors (Lipinski definition) is 3. The monoisotopic (exact) mass is 207 g/mol. The van der Waals surface area contributed by atoms with E-state index in [-0.39, 0.29) is 11.2 Å². The zero-order valence-electron chi connectivity index (χ0n) is 8.79. The molecule has 0 aliphatic carbocycles. The number of hydrogen-bond donors (Lipinski definition) is 1. The molecule has 80 valence electrons. The molecule has 0 amide bonds. The molecule has 0 fully saturated rings. The van der Waals surface area contributed by atoms with Crippen molar-refractivity contribution >= 4 is 9.84 Å². The van der Waals surface area contributed by atoms with Gasteiger partial charge in [0, 0.05) is 0 Å². The zero-order chi connectivity index (χ0) is 10.5. The van der Waals surface area contributed by atoms with E-state index in [1.807, 2.05) is 13.8 Å². The molecule has 0 spiro atoms. The van der Waals surface area contributed by atoms with E-state index in [1.165, 1.54) is 0 Å². The second-order valence-electron chi connectivity index (χ2n) is 3.73. The van der Waals surface area contributed by atoms with Crippen LogP contribution in [-0.4, -0.2) is 26.0 Å². The summed E-state index contributed by atoms with van der Waals surface area (Å²) in [6.45, 7) is 6.16. The third-order valence-electron chi connectivity index (χ3n) is 2.40. The molecule has 0 radical (unpaired) electrons. The van der Waals surface area contributed by atoms with Gasteiger partial charge in [-0.05, 0) is 25.8 Å². The fourth-order valence-corrected chi connectivity index (χ4v) is 2.95. The van der Waals surface area contributed by atoms with Crippen molar-refractivity contribution in [3.8, 4) is 0 Å². The molecule has 2 unspecified atom stereocenters. The van der Waals surface area contributed by atoms with Crippen molar-refractivity contribution in [1.82, 2.24) is 0 Å². The molecule has 0 saturated carbocycles. The fourth-order valence-electron chi connectivity index (χ4n) is 1.09. The highest BCUT2D eigenvalue weighted by Crippen LogP contribution is 2.12. The van der Waals surface area contributed by atoms with Crippen LogP contribution in [0, 0.1) is 5.92 Å². The van der Waals surface area contributed by atoms with E-state index in [2.05, 4.69) is 0 Å².